The second-order valence-corrected chi connectivity index (χ2v) is 6.95. The molecule has 0 aromatic carbocycles. The number of rotatable bonds is 2. The average Bonchev–Trinajstić information content (AvgIpc) is 2.88. The molecule has 112 valence electrons. The van der Waals surface area contributed by atoms with E-state index in [0.29, 0.717) is 12.0 Å². The number of thiocarbonyl (C=S) groups is 1. The highest BCUT2D eigenvalue weighted by Crippen LogP contribution is 2.60. The van der Waals surface area contributed by atoms with Gasteiger partial charge in [0.25, 0.3) is 0 Å². The van der Waals surface area contributed by atoms with Crippen molar-refractivity contribution in [3.63, 3.8) is 0 Å². The Morgan fingerprint density at radius 2 is 2.20 bits per heavy atom. The molecule has 0 aromatic rings. The number of nitrogens with two attached hydrogens (primary N) is 1. The molecular formula is C15H25N3OS. The molecule has 0 heterocycles. The molecule has 0 saturated heterocycles. The standard InChI is InChI=1S/C15H25N3OS/c1-19-12-8-7-10-4-2-6-13(17-18-14(16)20)15(10)9-3-5-11(12)15/h10-12H,2-9H2,1H3,(H3,16,18,20)/b17-13-/t10?,11-,12+,15?/m0/s1. The molecule has 4 atom stereocenters. The number of hydrogen-bond acceptors (Lipinski definition) is 3. The van der Waals surface area contributed by atoms with Crippen molar-refractivity contribution in [3.05, 3.63) is 0 Å². The highest BCUT2D eigenvalue weighted by Gasteiger charge is 2.57. The Hall–Kier alpha value is -0.680. The van der Waals surface area contributed by atoms with Crippen LogP contribution in [0.1, 0.15) is 51.4 Å². The van der Waals surface area contributed by atoms with E-state index in [-0.39, 0.29) is 10.5 Å². The van der Waals surface area contributed by atoms with Crippen LogP contribution in [0.5, 0.6) is 0 Å². The van der Waals surface area contributed by atoms with E-state index >= 15 is 0 Å². The number of ether oxygens (including phenoxy) is 1. The maximum Gasteiger partial charge on any atom is 0.184 e. The summed E-state index contributed by atoms with van der Waals surface area (Å²) in [4.78, 5) is 0. The molecule has 0 bridgehead atoms. The Morgan fingerprint density at radius 3 is 2.95 bits per heavy atom. The third-order valence-electron chi connectivity index (χ3n) is 5.85. The second-order valence-electron chi connectivity index (χ2n) is 6.51. The lowest BCUT2D eigenvalue weighted by molar-refractivity contribution is -0.0442. The lowest BCUT2D eigenvalue weighted by Crippen LogP contribution is -2.52. The first-order valence-electron chi connectivity index (χ1n) is 7.83. The predicted molar refractivity (Wildman–Crippen MR) is 84.5 cm³/mol. The quantitative estimate of drug-likeness (QED) is 0.607. The van der Waals surface area contributed by atoms with Crippen LogP contribution in [0.4, 0.5) is 0 Å². The number of hydrazone groups is 1. The summed E-state index contributed by atoms with van der Waals surface area (Å²) in [6, 6.07) is 0. The third-order valence-corrected chi connectivity index (χ3v) is 5.94. The van der Waals surface area contributed by atoms with E-state index in [4.69, 9.17) is 22.7 Å². The van der Waals surface area contributed by atoms with Crippen LogP contribution in [-0.4, -0.2) is 24.0 Å². The van der Waals surface area contributed by atoms with Gasteiger partial charge in [0, 0.05) is 18.2 Å². The Balaban J connectivity index is 1.95. The maximum atomic E-state index is 5.80. The van der Waals surface area contributed by atoms with Gasteiger partial charge in [-0.25, -0.2) is 0 Å². The fourth-order valence-electron chi connectivity index (χ4n) is 5.22. The van der Waals surface area contributed by atoms with Crippen molar-refractivity contribution in [3.8, 4) is 0 Å². The van der Waals surface area contributed by atoms with Gasteiger partial charge in [-0.1, -0.05) is 6.42 Å². The zero-order chi connectivity index (χ0) is 14.2. The fourth-order valence-corrected chi connectivity index (χ4v) is 5.26. The van der Waals surface area contributed by atoms with E-state index < -0.39 is 0 Å². The maximum absolute atomic E-state index is 5.80. The van der Waals surface area contributed by atoms with E-state index in [2.05, 4.69) is 10.5 Å². The fraction of sp³-hybridized carbons (Fsp3) is 0.867. The zero-order valence-corrected chi connectivity index (χ0v) is 13.0. The van der Waals surface area contributed by atoms with Crippen LogP contribution in [0.2, 0.25) is 0 Å². The van der Waals surface area contributed by atoms with E-state index in [9.17, 15) is 0 Å². The molecule has 0 radical (unpaired) electrons. The number of methoxy groups -OCH3 is 1. The van der Waals surface area contributed by atoms with Gasteiger partial charge in [0.2, 0.25) is 0 Å². The lowest BCUT2D eigenvalue weighted by atomic mass is 9.54. The summed E-state index contributed by atoms with van der Waals surface area (Å²) in [5.74, 6) is 1.42. The minimum Gasteiger partial charge on any atom is -0.381 e. The average molecular weight is 295 g/mol. The smallest absolute Gasteiger partial charge is 0.184 e. The molecule has 3 saturated carbocycles. The molecule has 3 N–H and O–H groups in total. The van der Waals surface area contributed by atoms with Crippen molar-refractivity contribution in [1.29, 1.82) is 0 Å². The largest absolute Gasteiger partial charge is 0.381 e. The van der Waals surface area contributed by atoms with Gasteiger partial charge in [-0.2, -0.15) is 5.10 Å². The summed E-state index contributed by atoms with van der Waals surface area (Å²) in [5.41, 5.74) is 9.97. The van der Waals surface area contributed by atoms with Crippen LogP contribution < -0.4 is 11.2 Å². The van der Waals surface area contributed by atoms with E-state index in [1.165, 1.54) is 50.7 Å². The van der Waals surface area contributed by atoms with E-state index in [1.54, 1.807) is 0 Å². The lowest BCUT2D eigenvalue weighted by Gasteiger charge is -2.52. The molecule has 3 rings (SSSR count). The summed E-state index contributed by atoms with van der Waals surface area (Å²) >= 11 is 4.91. The molecular weight excluding hydrogens is 270 g/mol. The Labute approximate surface area is 126 Å². The normalized spacial score (nSPS) is 42.0. The van der Waals surface area contributed by atoms with Crippen LogP contribution in [0.15, 0.2) is 5.10 Å². The van der Waals surface area contributed by atoms with Gasteiger partial charge < -0.3 is 10.5 Å². The van der Waals surface area contributed by atoms with E-state index in [1.807, 2.05) is 7.11 Å². The molecule has 2 unspecified atom stereocenters. The SMILES string of the molecule is CO[C@@H]1CCC2CCC/C(=N/NC(N)=S)C23CCC[C@@H]13. The van der Waals surface area contributed by atoms with Crippen molar-refractivity contribution in [2.45, 2.75) is 57.5 Å². The minimum atomic E-state index is 0.259. The molecule has 3 aliphatic carbocycles. The molecule has 1 spiro atoms. The number of nitrogens with zero attached hydrogens (tertiary/aromatic N) is 1. The summed E-state index contributed by atoms with van der Waals surface area (Å²) in [5, 5.41) is 4.88. The van der Waals surface area contributed by atoms with Gasteiger partial charge in [0.05, 0.1) is 6.10 Å². The van der Waals surface area contributed by atoms with Gasteiger partial charge in [-0.15, -0.1) is 0 Å². The molecule has 0 amide bonds. The third kappa shape index (κ3) is 2.15. The Bertz CT molecular complexity index is 425. The molecule has 3 aliphatic rings. The molecule has 5 heteroatoms. The van der Waals surface area contributed by atoms with Crippen LogP contribution in [0, 0.1) is 17.3 Å². The van der Waals surface area contributed by atoms with Crippen molar-refractivity contribution < 1.29 is 4.74 Å². The van der Waals surface area contributed by atoms with Crippen molar-refractivity contribution in [2.75, 3.05) is 7.11 Å². The first-order chi connectivity index (χ1) is 9.68. The highest BCUT2D eigenvalue weighted by molar-refractivity contribution is 7.80. The van der Waals surface area contributed by atoms with Gasteiger partial charge in [-0.05, 0) is 69.0 Å². The monoisotopic (exact) mass is 295 g/mol. The predicted octanol–water partition coefficient (Wildman–Crippen LogP) is 2.57. The molecule has 0 aliphatic heterocycles. The topological polar surface area (TPSA) is 59.6 Å². The molecule has 4 nitrogen and oxygen atoms in total. The van der Waals surface area contributed by atoms with Crippen LogP contribution in [0.3, 0.4) is 0 Å². The molecule has 3 fully saturated rings. The van der Waals surface area contributed by atoms with Crippen LogP contribution in [0.25, 0.3) is 0 Å². The first kappa shape index (κ1) is 14.3. The van der Waals surface area contributed by atoms with Gasteiger partial charge in [0.15, 0.2) is 5.11 Å². The molecule has 20 heavy (non-hydrogen) atoms. The molecule has 0 aromatic heterocycles. The first-order valence-corrected chi connectivity index (χ1v) is 8.24. The van der Waals surface area contributed by atoms with Crippen molar-refractivity contribution >= 4 is 23.0 Å². The Morgan fingerprint density at radius 1 is 1.35 bits per heavy atom. The zero-order valence-electron chi connectivity index (χ0n) is 12.2. The van der Waals surface area contributed by atoms with Crippen LogP contribution in [-0.2, 0) is 4.74 Å². The number of hydrogen-bond donors (Lipinski definition) is 2. The van der Waals surface area contributed by atoms with Crippen molar-refractivity contribution in [1.82, 2.24) is 5.43 Å². The van der Waals surface area contributed by atoms with Crippen LogP contribution >= 0.6 is 12.2 Å². The summed E-state index contributed by atoms with van der Waals surface area (Å²) in [7, 11) is 1.86. The summed E-state index contributed by atoms with van der Waals surface area (Å²) < 4.78 is 5.80. The van der Waals surface area contributed by atoms with Gasteiger partial charge in [-0.3, -0.25) is 5.43 Å². The summed E-state index contributed by atoms with van der Waals surface area (Å²) in [6.07, 6.45) is 10.4. The second kappa shape index (κ2) is 5.60. The highest BCUT2D eigenvalue weighted by atomic mass is 32.1. The Kier molecular flexibility index (Phi) is 4.00. The van der Waals surface area contributed by atoms with Gasteiger partial charge >= 0.3 is 0 Å². The van der Waals surface area contributed by atoms with Gasteiger partial charge in [0.1, 0.15) is 0 Å². The van der Waals surface area contributed by atoms with E-state index in [0.717, 1.165) is 12.3 Å². The summed E-state index contributed by atoms with van der Waals surface area (Å²) in [6.45, 7) is 0. The number of nitrogens with one attached hydrogen (secondary N) is 1. The minimum absolute atomic E-state index is 0.259. The van der Waals surface area contributed by atoms with Crippen molar-refractivity contribution in [2.24, 2.45) is 28.1 Å².